The minimum absolute atomic E-state index is 0.551. The second kappa shape index (κ2) is 9.24. The minimum Gasteiger partial charge on any atom is -0.423 e. The Morgan fingerprint density at radius 3 is 1.76 bits per heavy atom. The standard InChI is InChI=1S/C17H30BNO2/c1-14(2)9-11-19(12-10-15(3)4)13-16-5-7-17(8-6-16)18(20)21/h5-8,14-15,20-21H,9-13H2,1-4H3. The molecule has 0 radical (unpaired) electrons. The molecule has 0 unspecified atom stereocenters. The lowest BCUT2D eigenvalue weighted by molar-refractivity contribution is 0.236. The van der Waals surface area contributed by atoms with Crippen LogP contribution in [0.5, 0.6) is 0 Å². The second-order valence-corrected chi connectivity index (χ2v) is 6.76. The highest BCUT2D eigenvalue weighted by Gasteiger charge is 2.12. The van der Waals surface area contributed by atoms with E-state index in [1.54, 1.807) is 12.1 Å². The maximum absolute atomic E-state index is 9.13. The third-order valence-corrected chi connectivity index (χ3v) is 3.73. The second-order valence-electron chi connectivity index (χ2n) is 6.76. The Labute approximate surface area is 130 Å². The zero-order valence-corrected chi connectivity index (χ0v) is 13.9. The molecule has 0 fully saturated rings. The smallest absolute Gasteiger partial charge is 0.423 e. The van der Waals surface area contributed by atoms with Crippen LogP contribution in [-0.4, -0.2) is 35.2 Å². The normalized spacial score (nSPS) is 11.7. The summed E-state index contributed by atoms with van der Waals surface area (Å²) in [5.41, 5.74) is 1.78. The molecule has 0 heterocycles. The van der Waals surface area contributed by atoms with Gasteiger partial charge in [0, 0.05) is 6.54 Å². The Hall–Kier alpha value is -0.835. The van der Waals surface area contributed by atoms with Crippen molar-refractivity contribution in [2.24, 2.45) is 11.8 Å². The number of nitrogens with zero attached hydrogens (tertiary/aromatic N) is 1. The van der Waals surface area contributed by atoms with Crippen LogP contribution in [0.15, 0.2) is 24.3 Å². The van der Waals surface area contributed by atoms with E-state index >= 15 is 0 Å². The summed E-state index contributed by atoms with van der Waals surface area (Å²) in [6, 6.07) is 7.57. The fourth-order valence-electron chi connectivity index (χ4n) is 2.20. The van der Waals surface area contributed by atoms with Crippen LogP contribution in [0.2, 0.25) is 0 Å². The molecule has 0 amide bonds. The van der Waals surface area contributed by atoms with Crippen molar-refractivity contribution in [3.8, 4) is 0 Å². The largest absolute Gasteiger partial charge is 0.488 e. The molecule has 0 atom stereocenters. The van der Waals surface area contributed by atoms with Crippen molar-refractivity contribution in [1.82, 2.24) is 4.90 Å². The van der Waals surface area contributed by atoms with Gasteiger partial charge in [0.1, 0.15) is 0 Å². The molecule has 0 aliphatic rings. The Morgan fingerprint density at radius 1 is 0.905 bits per heavy atom. The summed E-state index contributed by atoms with van der Waals surface area (Å²) in [7, 11) is -1.38. The average molecular weight is 291 g/mol. The van der Waals surface area contributed by atoms with Crippen molar-refractivity contribution in [2.75, 3.05) is 13.1 Å². The third-order valence-electron chi connectivity index (χ3n) is 3.73. The highest BCUT2D eigenvalue weighted by Crippen LogP contribution is 2.10. The van der Waals surface area contributed by atoms with Crippen molar-refractivity contribution in [3.05, 3.63) is 29.8 Å². The first-order valence-electron chi connectivity index (χ1n) is 8.05. The maximum Gasteiger partial charge on any atom is 0.488 e. The van der Waals surface area contributed by atoms with Gasteiger partial charge in [-0.15, -0.1) is 0 Å². The van der Waals surface area contributed by atoms with Crippen molar-refractivity contribution < 1.29 is 10.0 Å². The van der Waals surface area contributed by atoms with Gasteiger partial charge in [-0.05, 0) is 48.8 Å². The van der Waals surface area contributed by atoms with Gasteiger partial charge < -0.3 is 10.0 Å². The van der Waals surface area contributed by atoms with Crippen molar-refractivity contribution in [3.63, 3.8) is 0 Å². The molecule has 0 bridgehead atoms. The molecule has 1 aromatic carbocycles. The summed E-state index contributed by atoms with van der Waals surface area (Å²) >= 11 is 0. The molecule has 0 saturated heterocycles. The topological polar surface area (TPSA) is 43.7 Å². The zero-order valence-electron chi connectivity index (χ0n) is 13.9. The summed E-state index contributed by atoms with van der Waals surface area (Å²) in [5, 5.41) is 18.3. The van der Waals surface area contributed by atoms with E-state index in [1.165, 1.54) is 18.4 Å². The Morgan fingerprint density at radius 2 is 1.38 bits per heavy atom. The van der Waals surface area contributed by atoms with Crippen LogP contribution in [0, 0.1) is 11.8 Å². The van der Waals surface area contributed by atoms with E-state index in [0.717, 1.165) is 31.5 Å². The molecule has 0 aromatic heterocycles. The van der Waals surface area contributed by atoms with Crippen LogP contribution < -0.4 is 5.46 Å². The molecule has 0 saturated carbocycles. The molecule has 4 heteroatoms. The number of rotatable bonds is 9. The van der Waals surface area contributed by atoms with Gasteiger partial charge in [0.05, 0.1) is 0 Å². The van der Waals surface area contributed by atoms with Gasteiger partial charge in [-0.1, -0.05) is 52.0 Å². The van der Waals surface area contributed by atoms with Gasteiger partial charge >= 0.3 is 7.12 Å². The SMILES string of the molecule is CC(C)CCN(CCC(C)C)Cc1ccc(B(O)O)cc1. The monoisotopic (exact) mass is 291 g/mol. The lowest BCUT2D eigenvalue weighted by Crippen LogP contribution is -2.30. The van der Waals surface area contributed by atoms with Gasteiger partial charge in [-0.3, -0.25) is 4.90 Å². The van der Waals surface area contributed by atoms with E-state index < -0.39 is 7.12 Å². The summed E-state index contributed by atoms with van der Waals surface area (Å²) < 4.78 is 0. The van der Waals surface area contributed by atoms with Crippen molar-refractivity contribution in [1.29, 1.82) is 0 Å². The Balaban J connectivity index is 2.60. The first-order chi connectivity index (χ1) is 9.88. The molecule has 1 rings (SSSR count). The fourth-order valence-corrected chi connectivity index (χ4v) is 2.20. The molecule has 0 aliphatic carbocycles. The molecule has 0 spiro atoms. The molecular formula is C17H30BNO2. The van der Waals surface area contributed by atoms with E-state index in [9.17, 15) is 0 Å². The summed E-state index contributed by atoms with van der Waals surface area (Å²) in [5.74, 6) is 1.44. The molecule has 1 aromatic rings. The minimum atomic E-state index is -1.38. The highest BCUT2D eigenvalue weighted by atomic mass is 16.4. The first kappa shape index (κ1) is 18.2. The molecular weight excluding hydrogens is 261 g/mol. The summed E-state index contributed by atoms with van der Waals surface area (Å²) in [6.07, 6.45) is 2.43. The predicted molar refractivity (Wildman–Crippen MR) is 90.5 cm³/mol. The quantitative estimate of drug-likeness (QED) is 0.686. The zero-order chi connectivity index (χ0) is 15.8. The first-order valence-corrected chi connectivity index (χ1v) is 8.05. The van der Waals surface area contributed by atoms with Gasteiger partial charge in [-0.25, -0.2) is 0 Å². The van der Waals surface area contributed by atoms with E-state index in [4.69, 9.17) is 10.0 Å². The third kappa shape index (κ3) is 7.65. The van der Waals surface area contributed by atoms with E-state index in [2.05, 4.69) is 32.6 Å². The molecule has 2 N–H and O–H groups in total. The molecule has 118 valence electrons. The van der Waals surface area contributed by atoms with Gasteiger partial charge in [0.2, 0.25) is 0 Å². The van der Waals surface area contributed by atoms with E-state index in [1.807, 2.05) is 12.1 Å². The molecule has 0 aliphatic heterocycles. The lowest BCUT2D eigenvalue weighted by Gasteiger charge is -2.24. The molecule has 21 heavy (non-hydrogen) atoms. The Bertz CT molecular complexity index is 378. The average Bonchev–Trinajstić information content (AvgIpc) is 2.42. The predicted octanol–water partition coefficient (Wildman–Crippen LogP) is 2.26. The number of benzene rings is 1. The Kier molecular flexibility index (Phi) is 8.01. The lowest BCUT2D eigenvalue weighted by atomic mass is 9.80. The van der Waals surface area contributed by atoms with Crippen LogP contribution in [0.1, 0.15) is 46.1 Å². The maximum atomic E-state index is 9.13. The number of hydrogen-bond acceptors (Lipinski definition) is 3. The van der Waals surface area contributed by atoms with Crippen LogP contribution >= 0.6 is 0 Å². The van der Waals surface area contributed by atoms with Gasteiger partial charge in [0.25, 0.3) is 0 Å². The van der Waals surface area contributed by atoms with E-state index in [-0.39, 0.29) is 0 Å². The molecule has 3 nitrogen and oxygen atoms in total. The van der Waals surface area contributed by atoms with Crippen LogP contribution in [0.4, 0.5) is 0 Å². The van der Waals surface area contributed by atoms with Crippen molar-refractivity contribution >= 4 is 12.6 Å². The van der Waals surface area contributed by atoms with Crippen LogP contribution in [0.25, 0.3) is 0 Å². The highest BCUT2D eigenvalue weighted by molar-refractivity contribution is 6.58. The van der Waals surface area contributed by atoms with Crippen molar-refractivity contribution in [2.45, 2.75) is 47.1 Å². The van der Waals surface area contributed by atoms with Crippen LogP contribution in [0.3, 0.4) is 0 Å². The van der Waals surface area contributed by atoms with Gasteiger partial charge in [-0.2, -0.15) is 0 Å². The number of hydrogen-bond donors (Lipinski definition) is 2. The summed E-state index contributed by atoms with van der Waals surface area (Å²) in [4.78, 5) is 2.50. The van der Waals surface area contributed by atoms with E-state index in [0.29, 0.717) is 5.46 Å². The summed E-state index contributed by atoms with van der Waals surface area (Å²) in [6.45, 7) is 12.2. The fraction of sp³-hybridized carbons (Fsp3) is 0.647. The van der Waals surface area contributed by atoms with Gasteiger partial charge in [0.15, 0.2) is 0 Å². The van der Waals surface area contributed by atoms with Crippen LogP contribution in [-0.2, 0) is 6.54 Å².